The molecule has 0 amide bonds. The van der Waals surface area contributed by atoms with Crippen molar-refractivity contribution in [3.8, 4) is 0 Å². The number of rotatable bonds is 2. The Kier molecular flexibility index (Phi) is 2.20. The van der Waals surface area contributed by atoms with Crippen LogP contribution in [0, 0.1) is 23.7 Å². The monoisotopic (exact) mass is 166 g/mol. The fourth-order valence-corrected chi connectivity index (χ4v) is 2.91. The van der Waals surface area contributed by atoms with Crippen LogP contribution in [0.5, 0.6) is 0 Å². The Balaban J connectivity index is 2.18. The predicted molar refractivity (Wildman–Crippen MR) is 50.4 cm³/mol. The zero-order valence-electron chi connectivity index (χ0n) is 7.45. The van der Waals surface area contributed by atoms with Crippen molar-refractivity contribution in [2.75, 3.05) is 13.1 Å². The molecule has 3 aliphatic carbocycles. The van der Waals surface area contributed by atoms with E-state index in [1.54, 1.807) is 0 Å². The molecule has 0 aromatic carbocycles. The van der Waals surface area contributed by atoms with E-state index < -0.39 is 0 Å². The predicted octanol–water partition coefficient (Wildman–Crippen LogP) is 0.732. The molecule has 0 saturated heterocycles. The van der Waals surface area contributed by atoms with Crippen molar-refractivity contribution in [2.45, 2.75) is 12.8 Å². The number of hydrogen-bond acceptors (Lipinski definition) is 2. The van der Waals surface area contributed by atoms with E-state index in [1.165, 1.54) is 12.8 Å². The Morgan fingerprint density at radius 3 is 1.58 bits per heavy atom. The van der Waals surface area contributed by atoms with E-state index in [-0.39, 0.29) is 0 Å². The second kappa shape index (κ2) is 3.19. The summed E-state index contributed by atoms with van der Waals surface area (Å²) in [6.45, 7) is 1.63. The van der Waals surface area contributed by atoms with Gasteiger partial charge in [0.1, 0.15) is 0 Å². The van der Waals surface area contributed by atoms with Crippen molar-refractivity contribution < 1.29 is 0 Å². The maximum Gasteiger partial charge on any atom is -0.00399 e. The van der Waals surface area contributed by atoms with Crippen LogP contribution in [0.25, 0.3) is 0 Å². The normalized spacial score (nSPS) is 45.2. The molecule has 3 aliphatic rings. The smallest absolute Gasteiger partial charge is 0.00399 e. The van der Waals surface area contributed by atoms with Crippen molar-refractivity contribution in [3.05, 3.63) is 12.2 Å². The largest absolute Gasteiger partial charge is 0.330 e. The molecule has 0 heterocycles. The average molecular weight is 166 g/mol. The van der Waals surface area contributed by atoms with Crippen LogP contribution in [-0.2, 0) is 0 Å². The quantitative estimate of drug-likeness (QED) is 0.594. The fourth-order valence-electron chi connectivity index (χ4n) is 2.91. The van der Waals surface area contributed by atoms with Gasteiger partial charge in [-0.15, -0.1) is 0 Å². The zero-order valence-corrected chi connectivity index (χ0v) is 7.45. The first-order valence-electron chi connectivity index (χ1n) is 4.95. The van der Waals surface area contributed by atoms with Crippen molar-refractivity contribution in [3.63, 3.8) is 0 Å². The van der Waals surface area contributed by atoms with Crippen molar-refractivity contribution in [1.82, 2.24) is 0 Å². The highest BCUT2D eigenvalue weighted by Crippen LogP contribution is 2.43. The maximum absolute atomic E-state index is 5.77. The molecule has 0 aromatic rings. The number of allylic oxidation sites excluding steroid dienone is 2. The molecule has 4 N–H and O–H groups in total. The van der Waals surface area contributed by atoms with Gasteiger partial charge in [0, 0.05) is 0 Å². The summed E-state index contributed by atoms with van der Waals surface area (Å²) >= 11 is 0. The van der Waals surface area contributed by atoms with E-state index in [1.807, 2.05) is 0 Å². The van der Waals surface area contributed by atoms with Crippen LogP contribution >= 0.6 is 0 Å². The molecule has 12 heavy (non-hydrogen) atoms. The number of nitrogens with two attached hydrogens (primary N) is 2. The summed E-state index contributed by atoms with van der Waals surface area (Å²) in [6.07, 6.45) is 7.38. The third kappa shape index (κ3) is 1.10. The Hall–Kier alpha value is -0.340. The van der Waals surface area contributed by atoms with Crippen molar-refractivity contribution >= 4 is 0 Å². The third-order valence-electron chi connectivity index (χ3n) is 3.63. The molecule has 2 nitrogen and oxygen atoms in total. The van der Waals surface area contributed by atoms with Gasteiger partial charge in [-0.1, -0.05) is 12.2 Å². The third-order valence-corrected chi connectivity index (χ3v) is 3.63. The van der Waals surface area contributed by atoms with Gasteiger partial charge in [-0.2, -0.15) is 0 Å². The highest BCUT2D eigenvalue weighted by molar-refractivity contribution is 5.09. The highest BCUT2D eigenvalue weighted by Gasteiger charge is 2.38. The number of hydrogen-bond donors (Lipinski definition) is 2. The molecule has 2 bridgehead atoms. The lowest BCUT2D eigenvalue weighted by Gasteiger charge is -2.44. The first-order valence-corrected chi connectivity index (χ1v) is 4.95. The molecule has 0 aliphatic heterocycles. The lowest BCUT2D eigenvalue weighted by Crippen LogP contribution is -2.44. The molecule has 0 unspecified atom stereocenters. The van der Waals surface area contributed by atoms with E-state index in [2.05, 4.69) is 12.2 Å². The lowest BCUT2D eigenvalue weighted by atomic mass is 9.62. The Morgan fingerprint density at radius 1 is 0.917 bits per heavy atom. The van der Waals surface area contributed by atoms with Crippen LogP contribution in [0.4, 0.5) is 0 Å². The molecule has 68 valence electrons. The van der Waals surface area contributed by atoms with Crippen LogP contribution in [0.3, 0.4) is 0 Å². The lowest BCUT2D eigenvalue weighted by molar-refractivity contribution is 0.134. The van der Waals surface area contributed by atoms with Crippen LogP contribution < -0.4 is 11.5 Å². The van der Waals surface area contributed by atoms with E-state index >= 15 is 0 Å². The van der Waals surface area contributed by atoms with Gasteiger partial charge in [-0.05, 0) is 49.6 Å². The minimum Gasteiger partial charge on any atom is -0.330 e. The van der Waals surface area contributed by atoms with Crippen molar-refractivity contribution in [2.24, 2.45) is 35.1 Å². The second-order valence-corrected chi connectivity index (χ2v) is 4.09. The number of fused-ring (bicyclic) bond motifs is 2. The second-order valence-electron chi connectivity index (χ2n) is 4.09. The summed E-state index contributed by atoms with van der Waals surface area (Å²) in [6, 6.07) is 0. The van der Waals surface area contributed by atoms with Gasteiger partial charge < -0.3 is 11.5 Å². The van der Waals surface area contributed by atoms with E-state index in [4.69, 9.17) is 11.5 Å². The summed E-state index contributed by atoms with van der Waals surface area (Å²) in [5.41, 5.74) is 11.5. The van der Waals surface area contributed by atoms with E-state index in [9.17, 15) is 0 Å². The summed E-state index contributed by atoms with van der Waals surface area (Å²) in [7, 11) is 0. The molecule has 1 fully saturated rings. The first kappa shape index (κ1) is 8.27. The van der Waals surface area contributed by atoms with Gasteiger partial charge in [-0.25, -0.2) is 0 Å². The minimum absolute atomic E-state index is 0.666. The van der Waals surface area contributed by atoms with Crippen LogP contribution in [0.1, 0.15) is 12.8 Å². The molecular weight excluding hydrogens is 148 g/mol. The minimum atomic E-state index is 0.666. The van der Waals surface area contributed by atoms with E-state index in [0.29, 0.717) is 11.8 Å². The van der Waals surface area contributed by atoms with Crippen molar-refractivity contribution in [1.29, 1.82) is 0 Å². The Morgan fingerprint density at radius 2 is 1.33 bits per heavy atom. The van der Waals surface area contributed by atoms with Crippen LogP contribution in [0.15, 0.2) is 12.2 Å². The summed E-state index contributed by atoms with van der Waals surface area (Å²) in [5.74, 6) is 2.79. The molecule has 0 aromatic heterocycles. The standard InChI is InChI=1S/C10H18N2/c11-5-9-7-1-2-8(4-3-7)10(9)6-12/h1-2,7-10H,3-6,11-12H2/t7-,8-,9+,10+/m0/s1. The van der Waals surface area contributed by atoms with Gasteiger partial charge in [0.15, 0.2) is 0 Å². The Bertz CT molecular complexity index is 168. The van der Waals surface area contributed by atoms with Gasteiger partial charge in [-0.3, -0.25) is 0 Å². The molecule has 2 heteroatoms. The molecular formula is C10H18N2. The average Bonchev–Trinajstić information content (AvgIpc) is 2.18. The van der Waals surface area contributed by atoms with Crippen LogP contribution in [-0.4, -0.2) is 13.1 Å². The SMILES string of the molecule is NC[C@H]1[C@H](CN)[C@H]2C=C[C@H]1CC2. The molecule has 4 atom stereocenters. The maximum atomic E-state index is 5.77. The van der Waals surface area contributed by atoms with Gasteiger partial charge >= 0.3 is 0 Å². The zero-order chi connectivity index (χ0) is 8.55. The highest BCUT2D eigenvalue weighted by atomic mass is 14.6. The fraction of sp³-hybridized carbons (Fsp3) is 0.800. The molecule has 0 spiro atoms. The van der Waals surface area contributed by atoms with E-state index in [0.717, 1.165) is 24.9 Å². The summed E-state index contributed by atoms with van der Waals surface area (Å²) in [5, 5.41) is 0. The molecule has 1 saturated carbocycles. The molecule has 0 radical (unpaired) electrons. The van der Waals surface area contributed by atoms with Gasteiger partial charge in [0.25, 0.3) is 0 Å². The summed E-state index contributed by atoms with van der Waals surface area (Å²) < 4.78 is 0. The van der Waals surface area contributed by atoms with Gasteiger partial charge in [0.05, 0.1) is 0 Å². The first-order chi connectivity index (χ1) is 5.86. The molecule has 3 rings (SSSR count). The topological polar surface area (TPSA) is 52.0 Å². The Labute approximate surface area is 74.0 Å². The van der Waals surface area contributed by atoms with Gasteiger partial charge in [0.2, 0.25) is 0 Å². The van der Waals surface area contributed by atoms with Crippen LogP contribution in [0.2, 0.25) is 0 Å². The summed E-state index contributed by atoms with van der Waals surface area (Å²) in [4.78, 5) is 0.